The second-order valence-electron chi connectivity index (χ2n) is 10.8. The lowest BCUT2D eigenvalue weighted by molar-refractivity contribution is -0.123. The minimum Gasteiger partial charge on any atom is -0.461 e. The van der Waals surface area contributed by atoms with Gasteiger partial charge in [-0.2, -0.15) is 0 Å². The van der Waals surface area contributed by atoms with Gasteiger partial charge in [-0.15, -0.1) is 0 Å². The van der Waals surface area contributed by atoms with Crippen LogP contribution in [0, 0.1) is 0 Å². The number of carbonyl (C=O) groups excluding carboxylic acids is 2. The zero-order chi connectivity index (χ0) is 28.7. The fourth-order valence-corrected chi connectivity index (χ4v) is 7.25. The van der Waals surface area contributed by atoms with E-state index in [1.54, 1.807) is 6.92 Å². The smallest absolute Gasteiger partial charge is 0.360 e. The maximum absolute atomic E-state index is 15.6. The number of carbonyl (C=O) groups is 2. The van der Waals surface area contributed by atoms with Gasteiger partial charge in [0.2, 0.25) is 0 Å². The summed E-state index contributed by atoms with van der Waals surface area (Å²) in [5, 5.41) is 0. The van der Waals surface area contributed by atoms with Crippen LogP contribution in [0.5, 0.6) is 0 Å². The predicted octanol–water partition coefficient (Wildman–Crippen LogP) is 7.41. The average Bonchev–Trinajstić information content (AvgIpc) is 3.71. The molecular formula is C37H29NO4. The second-order valence-corrected chi connectivity index (χ2v) is 10.8. The van der Waals surface area contributed by atoms with Crippen molar-refractivity contribution >= 4 is 22.9 Å². The van der Waals surface area contributed by atoms with Gasteiger partial charge >= 0.3 is 5.97 Å². The number of ketones is 1. The molecule has 1 fully saturated rings. The summed E-state index contributed by atoms with van der Waals surface area (Å²) < 4.78 is 11.3. The zero-order valence-electron chi connectivity index (χ0n) is 23.2. The summed E-state index contributed by atoms with van der Waals surface area (Å²) in [6, 6.07) is 40.4. The summed E-state index contributed by atoms with van der Waals surface area (Å²) in [4.78, 5) is 32.9. The molecule has 3 atom stereocenters. The first-order chi connectivity index (χ1) is 20.6. The van der Waals surface area contributed by atoms with E-state index < -0.39 is 22.7 Å². The first kappa shape index (κ1) is 25.9. The highest BCUT2D eigenvalue weighted by molar-refractivity contribution is 6.29. The monoisotopic (exact) mass is 551 g/mol. The van der Waals surface area contributed by atoms with Crippen LogP contribution in [0.1, 0.15) is 57.9 Å². The number of allylic oxidation sites excluding steroid dienone is 2. The maximum atomic E-state index is 15.6. The van der Waals surface area contributed by atoms with Crippen LogP contribution in [-0.2, 0) is 20.4 Å². The van der Waals surface area contributed by atoms with E-state index in [9.17, 15) is 4.79 Å². The van der Waals surface area contributed by atoms with Crippen molar-refractivity contribution in [1.82, 2.24) is 4.98 Å². The molecule has 7 rings (SSSR count). The molecule has 4 aromatic carbocycles. The third kappa shape index (κ3) is 3.59. The largest absolute Gasteiger partial charge is 0.461 e. The van der Waals surface area contributed by atoms with Crippen molar-refractivity contribution in [2.75, 3.05) is 6.61 Å². The van der Waals surface area contributed by atoms with Crippen molar-refractivity contribution in [1.29, 1.82) is 0 Å². The molecule has 0 radical (unpaired) electrons. The minimum atomic E-state index is -1.12. The van der Waals surface area contributed by atoms with E-state index in [1.807, 2.05) is 97.1 Å². The molecule has 1 heterocycles. The van der Waals surface area contributed by atoms with Crippen LogP contribution in [0.3, 0.4) is 0 Å². The Morgan fingerprint density at radius 2 is 1.31 bits per heavy atom. The SMILES string of the molecule is CCOC(=O)c1coc([C@H]2CC3(c4ccccc4)C(=O)C2(c2ccccc2)C(c2ccccc2)=C3c2ccccc2)n1. The fraction of sp³-hybridized carbons (Fsp3) is 0.162. The lowest BCUT2D eigenvalue weighted by Crippen LogP contribution is -2.38. The van der Waals surface area contributed by atoms with Crippen LogP contribution in [0.25, 0.3) is 11.1 Å². The second kappa shape index (κ2) is 10.1. The van der Waals surface area contributed by atoms with Gasteiger partial charge in [0.1, 0.15) is 6.26 Å². The van der Waals surface area contributed by atoms with E-state index in [1.165, 1.54) is 6.26 Å². The first-order valence-electron chi connectivity index (χ1n) is 14.3. The van der Waals surface area contributed by atoms with Crippen LogP contribution in [0.15, 0.2) is 132 Å². The Morgan fingerprint density at radius 1 is 0.786 bits per heavy atom. The topological polar surface area (TPSA) is 69.4 Å². The van der Waals surface area contributed by atoms with Crippen molar-refractivity contribution in [3.63, 3.8) is 0 Å². The van der Waals surface area contributed by atoms with Gasteiger partial charge in [0.25, 0.3) is 0 Å². The molecule has 2 aliphatic rings. The van der Waals surface area contributed by atoms with Gasteiger partial charge in [0.15, 0.2) is 17.4 Å². The number of rotatable bonds is 7. The molecular weight excluding hydrogens is 522 g/mol. The zero-order valence-corrected chi connectivity index (χ0v) is 23.2. The summed E-state index contributed by atoms with van der Waals surface area (Å²) in [6.45, 7) is 1.99. The molecule has 0 N–H and O–H groups in total. The van der Waals surface area contributed by atoms with Crippen molar-refractivity contribution in [2.45, 2.75) is 30.1 Å². The molecule has 0 amide bonds. The number of benzene rings is 4. The Balaban J connectivity index is 1.61. The molecule has 0 spiro atoms. The van der Waals surface area contributed by atoms with Crippen LogP contribution >= 0.6 is 0 Å². The van der Waals surface area contributed by atoms with Gasteiger partial charge in [-0.3, -0.25) is 4.79 Å². The van der Waals surface area contributed by atoms with Crippen LogP contribution in [-0.4, -0.2) is 23.3 Å². The molecule has 1 aromatic heterocycles. The number of nitrogens with zero attached hydrogens (tertiary/aromatic N) is 1. The third-order valence-corrected chi connectivity index (χ3v) is 8.78. The minimum absolute atomic E-state index is 0.0889. The molecule has 1 saturated carbocycles. The van der Waals surface area contributed by atoms with Crippen LogP contribution in [0.2, 0.25) is 0 Å². The highest BCUT2D eigenvalue weighted by Gasteiger charge is 2.73. The molecule has 42 heavy (non-hydrogen) atoms. The molecule has 5 nitrogen and oxygen atoms in total. The quantitative estimate of drug-likeness (QED) is 0.197. The van der Waals surface area contributed by atoms with Crippen molar-refractivity contribution in [3.8, 4) is 0 Å². The highest BCUT2D eigenvalue weighted by atomic mass is 16.5. The standard InChI is InChI=1S/C37H29NO4/c1-2-41-34(39)30-24-42-33(38-30)29-23-36(27-19-11-5-12-20-27)31(25-15-7-3-8-16-25)32(26-17-9-4-10-18-26)37(29,35(36)40)28-21-13-6-14-22-28/h3-22,24,29H,2,23H2,1H3/t29-,36?,37?/m1/s1. The summed E-state index contributed by atoms with van der Waals surface area (Å²) in [5.74, 6) is -0.574. The molecule has 0 saturated heterocycles. The molecule has 5 heteroatoms. The molecule has 2 unspecified atom stereocenters. The number of oxazole rings is 1. The number of ether oxygens (including phenoxy) is 1. The maximum Gasteiger partial charge on any atom is 0.360 e. The Hall–Kier alpha value is -5.03. The normalized spacial score (nSPS) is 22.9. The van der Waals surface area contributed by atoms with E-state index in [-0.39, 0.29) is 18.1 Å². The summed E-state index contributed by atoms with van der Waals surface area (Å²) in [6.07, 6.45) is 1.79. The van der Waals surface area contributed by atoms with Crippen molar-refractivity contribution in [3.05, 3.63) is 161 Å². The Kier molecular flexibility index (Phi) is 6.23. The van der Waals surface area contributed by atoms with Gasteiger partial charge in [0, 0.05) is 0 Å². The van der Waals surface area contributed by atoms with Gasteiger partial charge in [-0.25, -0.2) is 9.78 Å². The van der Waals surface area contributed by atoms with Gasteiger partial charge in [0.05, 0.1) is 23.4 Å². The van der Waals surface area contributed by atoms with Gasteiger partial charge in [-0.1, -0.05) is 121 Å². The average molecular weight is 552 g/mol. The number of hydrogen-bond acceptors (Lipinski definition) is 5. The highest BCUT2D eigenvalue weighted by Crippen LogP contribution is 2.72. The van der Waals surface area contributed by atoms with E-state index >= 15 is 4.79 Å². The van der Waals surface area contributed by atoms with E-state index in [2.05, 4.69) is 29.2 Å². The first-order valence-corrected chi connectivity index (χ1v) is 14.3. The lowest BCUT2D eigenvalue weighted by Gasteiger charge is -2.38. The number of esters is 1. The van der Waals surface area contributed by atoms with Crippen molar-refractivity contribution in [2.24, 2.45) is 0 Å². The predicted molar refractivity (Wildman–Crippen MR) is 161 cm³/mol. The summed E-state index contributed by atoms with van der Waals surface area (Å²) in [7, 11) is 0. The number of aromatic nitrogens is 1. The van der Waals surface area contributed by atoms with E-state index in [4.69, 9.17) is 9.15 Å². The Labute approximate surface area is 244 Å². The Bertz CT molecular complexity index is 1790. The summed E-state index contributed by atoms with van der Waals surface area (Å²) in [5.41, 5.74) is 3.72. The molecule has 2 bridgehead atoms. The number of Topliss-reactive ketones (excluding diaryl/α,β-unsaturated/α-hetero) is 1. The van der Waals surface area contributed by atoms with Gasteiger partial charge < -0.3 is 9.15 Å². The number of hydrogen-bond donors (Lipinski definition) is 0. The molecule has 0 aliphatic heterocycles. The fourth-order valence-electron chi connectivity index (χ4n) is 7.25. The summed E-state index contributed by atoms with van der Waals surface area (Å²) >= 11 is 0. The molecule has 206 valence electrons. The molecule has 2 aliphatic carbocycles. The van der Waals surface area contributed by atoms with Crippen LogP contribution in [0.4, 0.5) is 0 Å². The molecule has 5 aromatic rings. The van der Waals surface area contributed by atoms with E-state index in [0.717, 1.165) is 33.4 Å². The van der Waals surface area contributed by atoms with Crippen molar-refractivity contribution < 1.29 is 18.7 Å². The van der Waals surface area contributed by atoms with E-state index in [0.29, 0.717) is 12.3 Å². The van der Waals surface area contributed by atoms with Gasteiger partial charge in [-0.05, 0) is 46.7 Å². The Morgan fingerprint density at radius 3 is 1.88 bits per heavy atom. The van der Waals surface area contributed by atoms with Crippen LogP contribution < -0.4 is 0 Å². The number of fused-ring (bicyclic) bond motifs is 2. The third-order valence-electron chi connectivity index (χ3n) is 8.78. The lowest BCUT2D eigenvalue weighted by atomic mass is 9.62.